The van der Waals surface area contributed by atoms with Gasteiger partial charge in [-0.05, 0) is 53.3 Å². The van der Waals surface area contributed by atoms with E-state index in [1.165, 1.54) is 27.8 Å². The Morgan fingerprint density at radius 1 is 0.889 bits per heavy atom. The van der Waals surface area contributed by atoms with Gasteiger partial charge in [-0.3, -0.25) is 4.40 Å². The van der Waals surface area contributed by atoms with Gasteiger partial charge in [-0.1, -0.05) is 78.9 Å². The Morgan fingerprint density at radius 3 is 2.39 bits per heavy atom. The number of aromatic nitrogens is 2. The number of nitrogens with zero attached hydrogens (tertiary/aromatic N) is 2. The largest absolute Gasteiger partial charge is 0.487 e. The van der Waals surface area contributed by atoms with Gasteiger partial charge in [0.1, 0.15) is 23.8 Å². The van der Waals surface area contributed by atoms with Crippen molar-refractivity contribution in [3.05, 3.63) is 120 Å². The summed E-state index contributed by atoms with van der Waals surface area (Å²) in [6, 6.07) is 31.2. The number of nitrogens with one attached hydrogen (secondary N) is 1. The van der Waals surface area contributed by atoms with Crippen LogP contribution in [0.2, 0.25) is 0 Å². The van der Waals surface area contributed by atoms with Crippen molar-refractivity contribution in [3.63, 3.8) is 0 Å². The number of hydrogen-bond donors (Lipinski definition) is 2. The van der Waals surface area contributed by atoms with E-state index in [-0.39, 0.29) is 12.4 Å². The second-order valence-electron chi connectivity index (χ2n) is 8.61. The molecular formula is C30H31ClN4O. The molecule has 0 amide bonds. The summed E-state index contributed by atoms with van der Waals surface area (Å²) >= 11 is 0. The van der Waals surface area contributed by atoms with Crippen LogP contribution in [0.5, 0.6) is 5.75 Å². The third-order valence-corrected chi connectivity index (χ3v) is 6.33. The SMILES string of the molecule is Cc1c(COc2ccc3nc(CN)c(NCCc4ccccc4)n3c2)cccc1-c1ccccc1.Cl. The number of rotatable bonds is 9. The lowest BCUT2D eigenvalue weighted by Crippen LogP contribution is -2.10. The van der Waals surface area contributed by atoms with Crippen LogP contribution in [-0.4, -0.2) is 15.9 Å². The van der Waals surface area contributed by atoms with Gasteiger partial charge in [0.05, 0.1) is 11.9 Å². The molecule has 0 aliphatic carbocycles. The Labute approximate surface area is 218 Å². The van der Waals surface area contributed by atoms with Crippen molar-refractivity contribution in [2.75, 3.05) is 11.9 Å². The smallest absolute Gasteiger partial charge is 0.138 e. The van der Waals surface area contributed by atoms with Gasteiger partial charge in [-0.15, -0.1) is 12.4 Å². The summed E-state index contributed by atoms with van der Waals surface area (Å²) in [7, 11) is 0. The molecule has 0 aliphatic rings. The van der Waals surface area contributed by atoms with Crippen molar-refractivity contribution >= 4 is 23.9 Å². The average molecular weight is 499 g/mol. The van der Waals surface area contributed by atoms with Gasteiger partial charge < -0.3 is 15.8 Å². The Kier molecular flexibility index (Phi) is 8.26. The van der Waals surface area contributed by atoms with Crippen molar-refractivity contribution in [3.8, 4) is 16.9 Å². The number of pyridine rings is 1. The molecule has 0 radical (unpaired) electrons. The fraction of sp³-hybridized carbons (Fsp3) is 0.167. The van der Waals surface area contributed by atoms with E-state index >= 15 is 0 Å². The average Bonchev–Trinajstić information content (AvgIpc) is 3.26. The summed E-state index contributed by atoms with van der Waals surface area (Å²) in [6.07, 6.45) is 2.91. The fourth-order valence-corrected chi connectivity index (χ4v) is 4.39. The summed E-state index contributed by atoms with van der Waals surface area (Å²) in [5.74, 6) is 1.71. The Bertz CT molecular complexity index is 1420. The predicted molar refractivity (Wildman–Crippen MR) is 150 cm³/mol. The first-order chi connectivity index (χ1) is 17.2. The molecule has 3 aromatic carbocycles. The molecule has 0 spiro atoms. The van der Waals surface area contributed by atoms with E-state index in [9.17, 15) is 0 Å². The standard InChI is InChI=1S/C30H30N4O.ClH/c1-22-25(13-8-14-27(22)24-11-6-3-7-12-24)21-35-26-15-16-29-33-28(19-31)30(34(29)20-26)32-18-17-23-9-4-2-5-10-23;/h2-16,20,32H,17-19,21,31H2,1H3;1H. The highest BCUT2D eigenvalue weighted by Gasteiger charge is 2.12. The van der Waals surface area contributed by atoms with Crippen LogP contribution in [0.15, 0.2) is 97.2 Å². The van der Waals surface area contributed by atoms with Gasteiger partial charge >= 0.3 is 0 Å². The fourth-order valence-electron chi connectivity index (χ4n) is 4.39. The van der Waals surface area contributed by atoms with Crippen molar-refractivity contribution in [1.29, 1.82) is 0 Å². The zero-order valence-electron chi connectivity index (χ0n) is 20.4. The van der Waals surface area contributed by atoms with Crippen LogP contribution in [0.1, 0.15) is 22.4 Å². The van der Waals surface area contributed by atoms with E-state index in [1.54, 1.807) is 0 Å². The molecule has 3 N–H and O–H groups in total. The van der Waals surface area contributed by atoms with Crippen LogP contribution in [0.4, 0.5) is 5.82 Å². The molecule has 5 rings (SSSR count). The van der Waals surface area contributed by atoms with Gasteiger partial charge in [0.25, 0.3) is 0 Å². The minimum atomic E-state index is 0. The zero-order valence-corrected chi connectivity index (χ0v) is 21.2. The van der Waals surface area contributed by atoms with Gasteiger partial charge in [0, 0.05) is 13.1 Å². The molecule has 0 bridgehead atoms. The predicted octanol–water partition coefficient (Wildman–Crippen LogP) is 6.42. The number of imidazole rings is 1. The lowest BCUT2D eigenvalue weighted by atomic mass is 9.97. The molecule has 36 heavy (non-hydrogen) atoms. The molecule has 0 fully saturated rings. The number of nitrogens with two attached hydrogens (primary N) is 1. The maximum Gasteiger partial charge on any atom is 0.138 e. The quantitative estimate of drug-likeness (QED) is 0.246. The van der Waals surface area contributed by atoms with Gasteiger partial charge in [0.2, 0.25) is 0 Å². The minimum Gasteiger partial charge on any atom is -0.487 e. The monoisotopic (exact) mass is 498 g/mol. The van der Waals surface area contributed by atoms with Crippen LogP contribution >= 0.6 is 12.4 Å². The summed E-state index contributed by atoms with van der Waals surface area (Å²) in [5.41, 5.74) is 13.8. The molecule has 6 heteroatoms. The molecule has 0 atom stereocenters. The molecule has 5 aromatic rings. The van der Waals surface area contributed by atoms with Crippen LogP contribution in [0.3, 0.4) is 0 Å². The number of halogens is 1. The summed E-state index contributed by atoms with van der Waals surface area (Å²) in [4.78, 5) is 4.70. The molecule has 5 nitrogen and oxygen atoms in total. The van der Waals surface area contributed by atoms with Gasteiger partial charge in [-0.2, -0.15) is 0 Å². The second-order valence-corrected chi connectivity index (χ2v) is 8.61. The van der Waals surface area contributed by atoms with Crippen LogP contribution in [0.25, 0.3) is 16.8 Å². The van der Waals surface area contributed by atoms with E-state index in [4.69, 9.17) is 15.5 Å². The summed E-state index contributed by atoms with van der Waals surface area (Å²) < 4.78 is 8.27. The van der Waals surface area contributed by atoms with Crippen molar-refractivity contribution in [2.24, 2.45) is 5.73 Å². The van der Waals surface area contributed by atoms with Crippen LogP contribution in [-0.2, 0) is 19.6 Å². The number of hydrogen-bond acceptors (Lipinski definition) is 4. The third-order valence-electron chi connectivity index (χ3n) is 6.33. The second kappa shape index (κ2) is 11.8. The molecule has 0 saturated heterocycles. The zero-order chi connectivity index (χ0) is 24.0. The molecule has 0 saturated carbocycles. The maximum atomic E-state index is 6.24. The summed E-state index contributed by atoms with van der Waals surface area (Å²) in [5, 5.41) is 3.54. The van der Waals surface area contributed by atoms with Crippen molar-refractivity contribution < 1.29 is 4.74 Å². The lowest BCUT2D eigenvalue weighted by molar-refractivity contribution is 0.304. The van der Waals surface area contributed by atoms with Gasteiger partial charge in [-0.25, -0.2) is 4.98 Å². The molecule has 2 heterocycles. The molecule has 0 aliphatic heterocycles. The number of anilines is 1. The Balaban J connectivity index is 0.00000304. The van der Waals surface area contributed by atoms with Gasteiger partial charge in [0.15, 0.2) is 0 Å². The molecular weight excluding hydrogens is 468 g/mol. The van der Waals surface area contributed by atoms with E-state index in [0.717, 1.165) is 35.9 Å². The normalized spacial score (nSPS) is 10.7. The van der Waals surface area contributed by atoms with E-state index in [2.05, 4.69) is 79.0 Å². The highest BCUT2D eigenvalue weighted by Crippen LogP contribution is 2.27. The van der Waals surface area contributed by atoms with E-state index < -0.39 is 0 Å². The van der Waals surface area contributed by atoms with E-state index in [1.807, 2.05) is 34.9 Å². The number of fused-ring (bicyclic) bond motifs is 1. The number of benzene rings is 3. The first-order valence-electron chi connectivity index (χ1n) is 12.0. The number of ether oxygens (including phenoxy) is 1. The highest BCUT2D eigenvalue weighted by atomic mass is 35.5. The third kappa shape index (κ3) is 5.54. The van der Waals surface area contributed by atoms with Crippen molar-refractivity contribution in [2.45, 2.75) is 26.5 Å². The Morgan fingerprint density at radius 2 is 1.64 bits per heavy atom. The summed E-state index contributed by atoms with van der Waals surface area (Å²) in [6.45, 7) is 3.81. The molecule has 184 valence electrons. The van der Waals surface area contributed by atoms with E-state index in [0.29, 0.717) is 13.2 Å². The maximum absolute atomic E-state index is 6.24. The first-order valence-corrected chi connectivity index (χ1v) is 12.0. The topological polar surface area (TPSA) is 64.6 Å². The highest BCUT2D eigenvalue weighted by molar-refractivity contribution is 5.85. The van der Waals surface area contributed by atoms with Crippen LogP contribution < -0.4 is 15.8 Å². The Hall–Kier alpha value is -3.80. The van der Waals surface area contributed by atoms with Crippen LogP contribution in [0, 0.1) is 6.92 Å². The first kappa shape index (κ1) is 25.3. The minimum absolute atomic E-state index is 0. The van der Waals surface area contributed by atoms with Crippen molar-refractivity contribution in [1.82, 2.24) is 9.38 Å². The molecule has 0 unspecified atom stereocenters. The molecule has 2 aromatic heterocycles. The lowest BCUT2D eigenvalue weighted by Gasteiger charge is -2.13.